The van der Waals surface area contributed by atoms with Crippen LogP contribution in [0.1, 0.15) is 23.7 Å². The molecule has 1 atom stereocenters. The highest BCUT2D eigenvalue weighted by Gasteiger charge is 2.35. The fourth-order valence-corrected chi connectivity index (χ4v) is 4.93. The van der Waals surface area contributed by atoms with Gasteiger partial charge in [0.05, 0.1) is 23.3 Å². The average molecular weight is 436 g/mol. The van der Waals surface area contributed by atoms with E-state index in [1.165, 1.54) is 6.07 Å². The van der Waals surface area contributed by atoms with E-state index in [0.717, 1.165) is 33.3 Å². The maximum absolute atomic E-state index is 14.5. The van der Waals surface area contributed by atoms with Gasteiger partial charge in [-0.3, -0.25) is 4.79 Å². The van der Waals surface area contributed by atoms with E-state index in [1.807, 2.05) is 59.5 Å². The number of carbonyl (C=O) groups excluding carboxylic acids is 1. The van der Waals surface area contributed by atoms with E-state index in [0.29, 0.717) is 25.1 Å². The van der Waals surface area contributed by atoms with Crippen molar-refractivity contribution in [2.45, 2.75) is 18.9 Å². The quantitative estimate of drug-likeness (QED) is 0.353. The number of aromatic nitrogens is 2. The van der Waals surface area contributed by atoms with Crippen molar-refractivity contribution in [3.05, 3.63) is 108 Å². The Balaban J connectivity index is 1.41. The number of amides is 1. The molecular formula is C28H22FN3O. The highest BCUT2D eigenvalue weighted by Crippen LogP contribution is 2.36. The van der Waals surface area contributed by atoms with Crippen molar-refractivity contribution in [1.82, 2.24) is 9.55 Å². The van der Waals surface area contributed by atoms with Crippen molar-refractivity contribution >= 4 is 33.4 Å². The monoisotopic (exact) mass is 435 g/mol. The molecule has 5 heteroatoms. The molecule has 0 spiro atoms. The summed E-state index contributed by atoms with van der Waals surface area (Å²) in [6.45, 7) is 0.926. The smallest absolute Gasteiger partial charge is 0.227 e. The molecular weight excluding hydrogens is 413 g/mol. The van der Waals surface area contributed by atoms with Crippen molar-refractivity contribution in [3.8, 4) is 0 Å². The molecule has 1 aliphatic rings. The third kappa shape index (κ3) is 3.37. The molecule has 1 aliphatic heterocycles. The van der Waals surface area contributed by atoms with Crippen LogP contribution < -0.4 is 4.90 Å². The maximum Gasteiger partial charge on any atom is 0.227 e. The Hall–Kier alpha value is -3.99. The van der Waals surface area contributed by atoms with Gasteiger partial charge in [-0.25, -0.2) is 9.37 Å². The predicted octanol–water partition coefficient (Wildman–Crippen LogP) is 5.90. The number of hydrogen-bond donors (Lipinski definition) is 0. The van der Waals surface area contributed by atoms with Gasteiger partial charge in [0.25, 0.3) is 0 Å². The molecule has 4 aromatic carbocycles. The van der Waals surface area contributed by atoms with Crippen molar-refractivity contribution in [2.24, 2.45) is 0 Å². The van der Waals surface area contributed by atoms with Gasteiger partial charge in [-0.1, -0.05) is 66.7 Å². The van der Waals surface area contributed by atoms with Gasteiger partial charge in [0.2, 0.25) is 5.91 Å². The molecule has 0 radical (unpaired) electrons. The highest BCUT2D eigenvalue weighted by atomic mass is 19.1. The molecule has 5 aromatic rings. The second-order valence-corrected chi connectivity index (χ2v) is 8.54. The van der Waals surface area contributed by atoms with Gasteiger partial charge in [0.1, 0.15) is 11.6 Å². The molecule has 1 amide bonds. The molecule has 6 rings (SSSR count). The molecule has 2 heterocycles. The first-order chi connectivity index (χ1) is 16.2. The topological polar surface area (TPSA) is 38.1 Å². The SMILES string of the molecule is O=C1C[C@H](c2nc3ccccc3n2Cc2ccccc2F)CN1c1cccc2ccccc12. The van der Waals surface area contributed by atoms with E-state index in [2.05, 4.69) is 22.8 Å². The lowest BCUT2D eigenvalue weighted by Gasteiger charge is -2.19. The average Bonchev–Trinajstić information content (AvgIpc) is 3.40. The Morgan fingerprint density at radius 2 is 1.64 bits per heavy atom. The van der Waals surface area contributed by atoms with Crippen LogP contribution in [0.15, 0.2) is 91.0 Å². The molecule has 0 N–H and O–H groups in total. The Labute approximate surface area is 190 Å². The van der Waals surface area contributed by atoms with Crippen LogP contribution in [0, 0.1) is 5.82 Å². The number of fused-ring (bicyclic) bond motifs is 2. The third-order valence-corrected chi connectivity index (χ3v) is 6.52. The van der Waals surface area contributed by atoms with E-state index in [4.69, 9.17) is 4.98 Å². The highest BCUT2D eigenvalue weighted by molar-refractivity contribution is 6.05. The van der Waals surface area contributed by atoms with Crippen molar-refractivity contribution in [1.29, 1.82) is 0 Å². The van der Waals surface area contributed by atoms with E-state index >= 15 is 0 Å². The Bertz CT molecular complexity index is 1500. The summed E-state index contributed by atoms with van der Waals surface area (Å²) in [6.07, 6.45) is 0.379. The number of halogens is 1. The zero-order valence-corrected chi connectivity index (χ0v) is 18.0. The number of rotatable bonds is 4. The van der Waals surface area contributed by atoms with E-state index in [-0.39, 0.29) is 17.6 Å². The molecule has 33 heavy (non-hydrogen) atoms. The summed E-state index contributed by atoms with van der Waals surface area (Å²) in [4.78, 5) is 20.0. The summed E-state index contributed by atoms with van der Waals surface area (Å²) < 4.78 is 16.6. The fourth-order valence-electron chi connectivity index (χ4n) is 4.93. The first-order valence-corrected chi connectivity index (χ1v) is 11.2. The number of carbonyl (C=O) groups is 1. The Morgan fingerprint density at radius 3 is 2.55 bits per heavy atom. The maximum atomic E-state index is 14.5. The van der Waals surface area contributed by atoms with Crippen LogP contribution in [0.2, 0.25) is 0 Å². The van der Waals surface area contributed by atoms with E-state index in [1.54, 1.807) is 12.1 Å². The van der Waals surface area contributed by atoms with Gasteiger partial charge < -0.3 is 9.47 Å². The van der Waals surface area contributed by atoms with Crippen molar-refractivity contribution in [3.63, 3.8) is 0 Å². The van der Waals surface area contributed by atoms with E-state index < -0.39 is 0 Å². The predicted molar refractivity (Wildman–Crippen MR) is 129 cm³/mol. The summed E-state index contributed by atoms with van der Waals surface area (Å²) in [7, 11) is 0. The summed E-state index contributed by atoms with van der Waals surface area (Å²) in [5, 5.41) is 2.17. The number of benzene rings is 4. The van der Waals surface area contributed by atoms with Gasteiger partial charge in [0, 0.05) is 29.8 Å². The Kier molecular flexibility index (Phi) is 4.68. The molecule has 0 saturated carbocycles. The minimum Gasteiger partial charge on any atom is -0.323 e. The first-order valence-electron chi connectivity index (χ1n) is 11.2. The second kappa shape index (κ2) is 7.85. The number of hydrogen-bond acceptors (Lipinski definition) is 2. The molecule has 1 fully saturated rings. The van der Waals surface area contributed by atoms with Crippen LogP contribution in [0.4, 0.5) is 10.1 Å². The minimum atomic E-state index is -0.235. The lowest BCUT2D eigenvalue weighted by atomic mass is 10.1. The molecule has 4 nitrogen and oxygen atoms in total. The number of para-hydroxylation sites is 2. The second-order valence-electron chi connectivity index (χ2n) is 8.54. The molecule has 0 bridgehead atoms. The zero-order chi connectivity index (χ0) is 22.4. The summed E-state index contributed by atoms with van der Waals surface area (Å²) >= 11 is 0. The standard InChI is InChI=1S/C28H22FN3O/c29-23-12-4-2-9-20(23)17-32-26-14-6-5-13-24(26)30-28(32)21-16-27(33)31(18-21)25-15-7-10-19-8-1-3-11-22(19)25/h1-15,21H,16-18H2/t21-/m0/s1. The van der Waals surface area contributed by atoms with E-state index in [9.17, 15) is 9.18 Å². The number of nitrogens with zero attached hydrogens (tertiary/aromatic N) is 3. The van der Waals surface area contributed by atoms with Crippen LogP contribution in [0.25, 0.3) is 21.8 Å². The van der Waals surface area contributed by atoms with Crippen LogP contribution in [0.3, 0.4) is 0 Å². The van der Waals surface area contributed by atoms with Gasteiger partial charge in [-0.15, -0.1) is 0 Å². The largest absolute Gasteiger partial charge is 0.323 e. The molecule has 162 valence electrons. The number of imidazole rings is 1. The van der Waals surface area contributed by atoms with Gasteiger partial charge in [-0.2, -0.15) is 0 Å². The van der Waals surface area contributed by atoms with Crippen LogP contribution in [-0.2, 0) is 11.3 Å². The minimum absolute atomic E-state index is 0.0735. The normalized spacial score (nSPS) is 16.2. The Morgan fingerprint density at radius 1 is 0.879 bits per heavy atom. The van der Waals surface area contributed by atoms with Crippen molar-refractivity contribution in [2.75, 3.05) is 11.4 Å². The zero-order valence-electron chi connectivity index (χ0n) is 18.0. The van der Waals surface area contributed by atoms with Gasteiger partial charge in [0.15, 0.2) is 0 Å². The molecule has 0 aliphatic carbocycles. The molecule has 0 unspecified atom stereocenters. The summed E-state index contributed by atoms with van der Waals surface area (Å²) in [5.41, 5.74) is 3.35. The molecule has 1 saturated heterocycles. The summed E-state index contributed by atoms with van der Waals surface area (Å²) in [5.74, 6) is 0.605. The molecule has 1 aromatic heterocycles. The first kappa shape index (κ1) is 19.7. The fraction of sp³-hybridized carbons (Fsp3) is 0.143. The summed E-state index contributed by atoms with van der Waals surface area (Å²) in [6, 6.07) is 28.9. The van der Waals surface area contributed by atoms with Crippen LogP contribution in [-0.4, -0.2) is 22.0 Å². The lowest BCUT2D eigenvalue weighted by Crippen LogP contribution is -2.24. The van der Waals surface area contributed by atoms with Crippen LogP contribution in [0.5, 0.6) is 0 Å². The number of anilines is 1. The third-order valence-electron chi connectivity index (χ3n) is 6.52. The van der Waals surface area contributed by atoms with Crippen LogP contribution >= 0.6 is 0 Å². The van der Waals surface area contributed by atoms with Gasteiger partial charge in [-0.05, 0) is 29.7 Å². The lowest BCUT2D eigenvalue weighted by molar-refractivity contribution is -0.117. The van der Waals surface area contributed by atoms with Crippen molar-refractivity contribution < 1.29 is 9.18 Å². The van der Waals surface area contributed by atoms with Gasteiger partial charge >= 0.3 is 0 Å².